The molecule has 0 aliphatic heterocycles. The lowest BCUT2D eigenvalue weighted by Gasteiger charge is -2.10. The number of amides is 1. The fraction of sp³-hybridized carbons (Fsp3) is 0.300. The molecule has 4 rings (SSSR count). The third-order valence-corrected chi connectivity index (χ3v) is 5.09. The fourth-order valence-electron chi connectivity index (χ4n) is 3.22. The van der Waals surface area contributed by atoms with Gasteiger partial charge in [-0.15, -0.1) is 0 Å². The highest BCUT2D eigenvalue weighted by molar-refractivity contribution is 6.05. The normalized spacial score (nSPS) is 13.8. The Balaban J connectivity index is 1.51. The number of alkyl halides is 3. The quantitative estimate of drug-likeness (QED) is 0.532. The van der Waals surface area contributed by atoms with Gasteiger partial charge in [0, 0.05) is 12.7 Å². The molecule has 1 aliphatic carbocycles. The van der Waals surface area contributed by atoms with Gasteiger partial charge in [0.05, 0.1) is 23.9 Å². The van der Waals surface area contributed by atoms with Gasteiger partial charge in [0.15, 0.2) is 0 Å². The monoisotopic (exact) mass is 448 g/mol. The van der Waals surface area contributed by atoms with Gasteiger partial charge < -0.3 is 11.1 Å². The topological polar surface area (TPSA) is 128 Å². The van der Waals surface area contributed by atoms with Crippen LogP contribution >= 0.6 is 0 Å². The van der Waals surface area contributed by atoms with E-state index in [0.717, 1.165) is 29.5 Å². The maximum absolute atomic E-state index is 12.9. The largest absolute Gasteiger partial charge is 0.416 e. The molecule has 0 radical (unpaired) electrons. The van der Waals surface area contributed by atoms with Gasteiger partial charge in [-0.05, 0) is 36.5 Å². The van der Waals surface area contributed by atoms with Gasteiger partial charge in [0.1, 0.15) is 11.5 Å². The van der Waals surface area contributed by atoms with Crippen molar-refractivity contribution in [3.8, 4) is 0 Å². The van der Waals surface area contributed by atoms with Crippen LogP contribution in [0.2, 0.25) is 0 Å². The van der Waals surface area contributed by atoms with Crippen LogP contribution in [-0.4, -0.2) is 25.2 Å². The van der Waals surface area contributed by atoms with Crippen LogP contribution in [0.5, 0.6) is 0 Å². The summed E-state index contributed by atoms with van der Waals surface area (Å²) in [5.74, 6) is -0.721. The minimum absolute atomic E-state index is 0.00614. The number of carbonyl (C=O) groups excluding carboxylic acids is 1. The van der Waals surface area contributed by atoms with Gasteiger partial charge in [0.2, 0.25) is 0 Å². The molecule has 1 fully saturated rings. The van der Waals surface area contributed by atoms with Crippen molar-refractivity contribution in [2.45, 2.75) is 32.1 Å². The third-order valence-electron chi connectivity index (χ3n) is 5.09. The minimum atomic E-state index is -4.46. The number of hydrogen-bond acceptors (Lipinski definition) is 5. The van der Waals surface area contributed by atoms with Crippen LogP contribution in [0.15, 0.2) is 46.2 Å². The highest BCUT2D eigenvalue weighted by atomic mass is 19.4. The van der Waals surface area contributed by atoms with E-state index in [1.165, 1.54) is 29.2 Å². The smallest absolute Gasteiger partial charge is 0.383 e. The highest BCUT2D eigenvalue weighted by Crippen LogP contribution is 2.30. The van der Waals surface area contributed by atoms with Gasteiger partial charge in [0.25, 0.3) is 11.5 Å². The average molecular weight is 448 g/mol. The van der Waals surface area contributed by atoms with Crippen molar-refractivity contribution < 1.29 is 18.0 Å². The van der Waals surface area contributed by atoms with Gasteiger partial charge in [-0.2, -0.15) is 18.3 Å². The number of nitrogens with zero attached hydrogens (tertiary/aromatic N) is 3. The number of rotatable bonds is 6. The first-order valence-electron chi connectivity index (χ1n) is 9.74. The van der Waals surface area contributed by atoms with E-state index in [1.54, 1.807) is 0 Å². The zero-order valence-electron chi connectivity index (χ0n) is 16.6. The Kier molecular flexibility index (Phi) is 5.36. The molecule has 1 saturated carbocycles. The molecule has 12 heteroatoms. The lowest BCUT2D eigenvalue weighted by molar-refractivity contribution is -0.137. The predicted octanol–water partition coefficient (Wildman–Crippen LogP) is 2.04. The number of nitrogens with two attached hydrogens (primary N) is 1. The first kappa shape index (κ1) is 21.4. The third kappa shape index (κ3) is 4.58. The number of H-pyrrole nitrogens is 1. The summed E-state index contributed by atoms with van der Waals surface area (Å²) in [6, 6.07) is 4.78. The Morgan fingerprint density at radius 1 is 1.28 bits per heavy atom. The standard InChI is InChI=1S/C20H19F3N6O3/c21-20(22,23)14-3-1-2-12(6-14)8-28-10-13(7-25-28)17(30)26-15-16(24)27-19(32)29(18(15)31)9-11-4-5-11/h1-3,6-7,10-11H,4-5,8-9,24H2,(H,26,30)(H,27,32). The fourth-order valence-corrected chi connectivity index (χ4v) is 3.22. The number of benzene rings is 1. The van der Waals surface area contributed by atoms with Crippen molar-refractivity contribution in [1.29, 1.82) is 0 Å². The van der Waals surface area contributed by atoms with E-state index < -0.39 is 28.9 Å². The second-order valence-electron chi connectivity index (χ2n) is 7.66. The molecular weight excluding hydrogens is 429 g/mol. The molecule has 2 aromatic heterocycles. The van der Waals surface area contributed by atoms with Gasteiger partial charge in [-0.3, -0.25) is 23.8 Å². The van der Waals surface area contributed by atoms with Crippen molar-refractivity contribution in [2.24, 2.45) is 5.92 Å². The molecule has 2 heterocycles. The lowest BCUT2D eigenvalue weighted by Crippen LogP contribution is -2.38. The molecule has 0 bridgehead atoms. The van der Waals surface area contributed by atoms with Crippen molar-refractivity contribution in [1.82, 2.24) is 19.3 Å². The van der Waals surface area contributed by atoms with E-state index in [4.69, 9.17) is 5.73 Å². The summed E-state index contributed by atoms with van der Waals surface area (Å²) in [6.07, 6.45) is -0.0755. The average Bonchev–Trinajstić information content (AvgIpc) is 3.43. The minimum Gasteiger partial charge on any atom is -0.383 e. The number of anilines is 2. The van der Waals surface area contributed by atoms with E-state index in [9.17, 15) is 27.6 Å². The van der Waals surface area contributed by atoms with E-state index in [-0.39, 0.29) is 36.1 Å². The number of nitrogens with one attached hydrogen (secondary N) is 2. The van der Waals surface area contributed by atoms with Gasteiger partial charge in [-0.1, -0.05) is 12.1 Å². The van der Waals surface area contributed by atoms with E-state index >= 15 is 0 Å². The van der Waals surface area contributed by atoms with Crippen molar-refractivity contribution in [3.05, 3.63) is 74.2 Å². The maximum atomic E-state index is 12.9. The summed E-state index contributed by atoms with van der Waals surface area (Å²) >= 11 is 0. The zero-order chi connectivity index (χ0) is 23.0. The van der Waals surface area contributed by atoms with Crippen molar-refractivity contribution >= 4 is 17.4 Å². The van der Waals surface area contributed by atoms with Crippen LogP contribution in [0.3, 0.4) is 0 Å². The van der Waals surface area contributed by atoms with E-state index in [1.807, 2.05) is 0 Å². The molecule has 3 aromatic rings. The van der Waals surface area contributed by atoms with Crippen LogP contribution in [0, 0.1) is 5.92 Å². The number of halogens is 3. The van der Waals surface area contributed by atoms with E-state index in [2.05, 4.69) is 15.4 Å². The molecule has 168 valence electrons. The summed E-state index contributed by atoms with van der Waals surface area (Å²) in [7, 11) is 0. The van der Waals surface area contributed by atoms with Crippen molar-refractivity contribution in [2.75, 3.05) is 11.1 Å². The molecule has 1 aliphatic rings. The number of nitrogen functional groups attached to an aromatic ring is 1. The maximum Gasteiger partial charge on any atom is 0.416 e. The molecule has 1 aromatic carbocycles. The highest BCUT2D eigenvalue weighted by Gasteiger charge is 2.30. The second-order valence-corrected chi connectivity index (χ2v) is 7.66. The van der Waals surface area contributed by atoms with Crippen LogP contribution in [-0.2, 0) is 19.3 Å². The number of hydrogen-bond donors (Lipinski definition) is 3. The van der Waals surface area contributed by atoms with Crippen LogP contribution < -0.4 is 22.3 Å². The summed E-state index contributed by atoms with van der Waals surface area (Å²) in [6.45, 7) is 0.248. The van der Waals surface area contributed by atoms with Crippen molar-refractivity contribution in [3.63, 3.8) is 0 Å². The van der Waals surface area contributed by atoms with Gasteiger partial charge in [-0.25, -0.2) is 4.79 Å². The number of aromatic nitrogens is 4. The van der Waals surface area contributed by atoms with Crippen LogP contribution in [0.1, 0.15) is 34.3 Å². The SMILES string of the molecule is Nc1[nH]c(=O)n(CC2CC2)c(=O)c1NC(=O)c1cnn(Cc2cccc(C(F)(F)F)c2)c1. The number of carbonyl (C=O) groups is 1. The molecule has 4 N–H and O–H groups in total. The summed E-state index contributed by atoms with van der Waals surface area (Å²) < 4.78 is 40.9. The Morgan fingerprint density at radius 3 is 2.72 bits per heavy atom. The molecule has 0 spiro atoms. The summed E-state index contributed by atoms with van der Waals surface area (Å²) in [5.41, 5.74) is 3.76. The molecule has 32 heavy (non-hydrogen) atoms. The van der Waals surface area contributed by atoms with E-state index in [0.29, 0.717) is 5.56 Å². The Hall–Kier alpha value is -3.83. The molecule has 0 saturated heterocycles. The van der Waals surface area contributed by atoms with Crippen LogP contribution in [0.25, 0.3) is 0 Å². The molecule has 9 nitrogen and oxygen atoms in total. The lowest BCUT2D eigenvalue weighted by atomic mass is 10.1. The predicted molar refractivity (Wildman–Crippen MR) is 109 cm³/mol. The zero-order valence-corrected chi connectivity index (χ0v) is 16.6. The molecule has 0 atom stereocenters. The second kappa shape index (κ2) is 8.02. The Labute approximate surface area is 178 Å². The molecule has 1 amide bonds. The first-order valence-corrected chi connectivity index (χ1v) is 9.74. The van der Waals surface area contributed by atoms with Gasteiger partial charge >= 0.3 is 11.9 Å². The number of aromatic amines is 1. The first-order chi connectivity index (χ1) is 15.1. The summed E-state index contributed by atoms with van der Waals surface area (Å²) in [5, 5.41) is 6.39. The molecular formula is C20H19F3N6O3. The Morgan fingerprint density at radius 2 is 2.03 bits per heavy atom. The summed E-state index contributed by atoms with van der Waals surface area (Å²) in [4.78, 5) is 39.6. The van der Waals surface area contributed by atoms with Crippen LogP contribution in [0.4, 0.5) is 24.7 Å². The molecule has 0 unspecified atom stereocenters. The Bertz CT molecular complexity index is 1290.